The van der Waals surface area contributed by atoms with Crippen LogP contribution in [0.1, 0.15) is 30.6 Å². The number of nitrogens with two attached hydrogens (primary N) is 1. The van der Waals surface area contributed by atoms with Crippen LogP contribution in [0.2, 0.25) is 0 Å². The van der Waals surface area contributed by atoms with E-state index in [1.807, 2.05) is 43.1 Å². The molecule has 0 aromatic carbocycles. The molecular weight excluding hydrogens is 264 g/mol. The van der Waals surface area contributed by atoms with E-state index in [1.54, 1.807) is 0 Å². The van der Waals surface area contributed by atoms with Gasteiger partial charge in [-0.2, -0.15) is 0 Å². The number of pyridine rings is 1. The highest BCUT2D eigenvalue weighted by molar-refractivity contribution is 5.48. The van der Waals surface area contributed by atoms with Crippen LogP contribution in [-0.2, 0) is 13.0 Å². The molecule has 0 bridgehead atoms. The van der Waals surface area contributed by atoms with Crippen LogP contribution in [0, 0.1) is 6.92 Å². The summed E-state index contributed by atoms with van der Waals surface area (Å²) in [6.45, 7) is 4.78. The van der Waals surface area contributed by atoms with Crippen molar-refractivity contribution in [2.45, 2.75) is 33.2 Å². The highest BCUT2D eigenvalue weighted by Crippen LogP contribution is 2.17. The molecule has 0 unspecified atom stereocenters. The highest BCUT2D eigenvalue weighted by atomic mass is 15.3. The van der Waals surface area contributed by atoms with Gasteiger partial charge in [-0.25, -0.2) is 15.8 Å². The maximum atomic E-state index is 5.49. The molecular formula is C15H22N6. The van der Waals surface area contributed by atoms with Crippen LogP contribution in [0.4, 0.5) is 11.6 Å². The summed E-state index contributed by atoms with van der Waals surface area (Å²) in [6.07, 6.45) is 1.83. The molecule has 0 atom stereocenters. The number of nitrogen functional groups attached to an aromatic ring is 1. The molecule has 0 saturated heterocycles. The number of hydrogen-bond acceptors (Lipinski definition) is 6. The minimum absolute atomic E-state index is 0.632. The molecule has 2 aromatic heterocycles. The second-order valence-electron chi connectivity index (χ2n) is 5.05. The quantitative estimate of drug-likeness (QED) is 0.625. The van der Waals surface area contributed by atoms with Gasteiger partial charge >= 0.3 is 0 Å². The average Bonchev–Trinajstić information content (AvgIpc) is 2.47. The fourth-order valence-electron chi connectivity index (χ4n) is 2.10. The maximum absolute atomic E-state index is 5.49. The van der Waals surface area contributed by atoms with Crippen LogP contribution in [0.25, 0.3) is 0 Å². The summed E-state index contributed by atoms with van der Waals surface area (Å²) in [5.74, 6) is 7.75. The Labute approximate surface area is 125 Å². The first-order chi connectivity index (χ1) is 10.1. The summed E-state index contributed by atoms with van der Waals surface area (Å²) in [4.78, 5) is 15.5. The van der Waals surface area contributed by atoms with E-state index in [2.05, 4.69) is 27.3 Å². The van der Waals surface area contributed by atoms with E-state index in [0.717, 1.165) is 35.9 Å². The van der Waals surface area contributed by atoms with E-state index in [9.17, 15) is 0 Å². The van der Waals surface area contributed by atoms with E-state index in [4.69, 9.17) is 5.84 Å². The van der Waals surface area contributed by atoms with Crippen LogP contribution in [-0.4, -0.2) is 22.0 Å². The lowest BCUT2D eigenvalue weighted by Crippen LogP contribution is -2.20. The molecule has 2 aromatic rings. The number of anilines is 2. The first-order valence-corrected chi connectivity index (χ1v) is 7.10. The molecule has 0 aliphatic rings. The second-order valence-corrected chi connectivity index (χ2v) is 5.05. The third-order valence-electron chi connectivity index (χ3n) is 3.12. The minimum atomic E-state index is 0.632. The van der Waals surface area contributed by atoms with Crippen molar-refractivity contribution in [3.8, 4) is 0 Å². The molecule has 21 heavy (non-hydrogen) atoms. The Balaban J connectivity index is 2.21. The summed E-state index contributed by atoms with van der Waals surface area (Å²) in [5, 5.41) is 0. The van der Waals surface area contributed by atoms with Crippen LogP contribution in [0.5, 0.6) is 0 Å². The van der Waals surface area contributed by atoms with Gasteiger partial charge in [-0.1, -0.05) is 13.0 Å². The fourth-order valence-corrected chi connectivity index (χ4v) is 2.10. The number of aryl methyl sites for hydroxylation is 2. The summed E-state index contributed by atoms with van der Waals surface area (Å²) in [6, 6.07) is 7.86. The first-order valence-electron chi connectivity index (χ1n) is 7.10. The zero-order valence-corrected chi connectivity index (χ0v) is 12.8. The van der Waals surface area contributed by atoms with Crippen molar-refractivity contribution >= 4 is 11.6 Å². The zero-order chi connectivity index (χ0) is 15.2. The molecule has 0 fully saturated rings. The van der Waals surface area contributed by atoms with Crippen molar-refractivity contribution < 1.29 is 0 Å². The van der Waals surface area contributed by atoms with Gasteiger partial charge in [0.25, 0.3) is 0 Å². The van der Waals surface area contributed by atoms with Crippen molar-refractivity contribution in [3.05, 3.63) is 41.5 Å². The van der Waals surface area contributed by atoms with Gasteiger partial charge in [0.2, 0.25) is 0 Å². The van der Waals surface area contributed by atoms with Gasteiger partial charge in [-0.3, -0.25) is 4.98 Å². The fraction of sp³-hybridized carbons (Fsp3) is 0.400. The van der Waals surface area contributed by atoms with Crippen molar-refractivity contribution in [2.24, 2.45) is 5.84 Å². The molecule has 0 spiro atoms. The van der Waals surface area contributed by atoms with Gasteiger partial charge in [-0.05, 0) is 25.5 Å². The first kappa shape index (κ1) is 15.2. The van der Waals surface area contributed by atoms with Gasteiger partial charge in [0.15, 0.2) is 0 Å². The summed E-state index contributed by atoms with van der Waals surface area (Å²) in [5.41, 5.74) is 4.62. The van der Waals surface area contributed by atoms with Gasteiger partial charge in [-0.15, -0.1) is 0 Å². The smallest absolute Gasteiger partial charge is 0.145 e. The molecule has 0 aliphatic carbocycles. The van der Waals surface area contributed by atoms with Gasteiger partial charge in [0, 0.05) is 25.2 Å². The number of hydrazine groups is 1. The molecule has 0 amide bonds. The van der Waals surface area contributed by atoms with Crippen LogP contribution in [0.3, 0.4) is 0 Å². The Morgan fingerprint density at radius 3 is 2.71 bits per heavy atom. The third-order valence-corrected chi connectivity index (χ3v) is 3.12. The van der Waals surface area contributed by atoms with E-state index in [-0.39, 0.29) is 0 Å². The standard InChI is InChI=1S/C15H22N6/c1-4-6-13-18-14(20-16)9-15(19-13)21(3)10-12-8-5-7-11(2)17-12/h5,7-9H,4,6,10,16H2,1-3H3,(H,18,19,20). The number of nitrogens with zero attached hydrogens (tertiary/aromatic N) is 4. The Hall–Kier alpha value is -2.21. The number of nitrogens with one attached hydrogen (secondary N) is 1. The largest absolute Gasteiger partial charge is 0.354 e. The summed E-state index contributed by atoms with van der Waals surface area (Å²) in [7, 11) is 1.99. The van der Waals surface area contributed by atoms with Gasteiger partial charge < -0.3 is 10.3 Å². The molecule has 112 valence electrons. The molecule has 6 nitrogen and oxygen atoms in total. The number of rotatable bonds is 6. The zero-order valence-electron chi connectivity index (χ0n) is 12.8. The molecule has 0 saturated carbocycles. The molecule has 3 N–H and O–H groups in total. The highest BCUT2D eigenvalue weighted by Gasteiger charge is 2.09. The Kier molecular flexibility index (Phi) is 5.05. The molecule has 6 heteroatoms. The predicted octanol–water partition coefficient (Wildman–Crippen LogP) is 2.05. The lowest BCUT2D eigenvalue weighted by atomic mass is 10.3. The minimum Gasteiger partial charge on any atom is -0.354 e. The van der Waals surface area contributed by atoms with Crippen LogP contribution < -0.4 is 16.2 Å². The Morgan fingerprint density at radius 2 is 2.05 bits per heavy atom. The number of aromatic nitrogens is 3. The lowest BCUT2D eigenvalue weighted by molar-refractivity contribution is 0.804. The maximum Gasteiger partial charge on any atom is 0.145 e. The van der Waals surface area contributed by atoms with E-state index in [1.165, 1.54) is 0 Å². The number of hydrogen-bond donors (Lipinski definition) is 2. The summed E-state index contributed by atoms with van der Waals surface area (Å²) >= 11 is 0. The predicted molar refractivity (Wildman–Crippen MR) is 84.9 cm³/mol. The molecule has 2 heterocycles. The van der Waals surface area contributed by atoms with Crippen molar-refractivity contribution in [3.63, 3.8) is 0 Å². The van der Waals surface area contributed by atoms with Crippen molar-refractivity contribution in [2.75, 3.05) is 17.4 Å². The van der Waals surface area contributed by atoms with E-state index in [0.29, 0.717) is 12.4 Å². The van der Waals surface area contributed by atoms with Crippen molar-refractivity contribution in [1.82, 2.24) is 15.0 Å². The lowest BCUT2D eigenvalue weighted by Gasteiger charge is -2.19. The normalized spacial score (nSPS) is 10.5. The monoisotopic (exact) mass is 286 g/mol. The third kappa shape index (κ3) is 4.13. The van der Waals surface area contributed by atoms with Gasteiger partial charge in [0.1, 0.15) is 17.5 Å². The Morgan fingerprint density at radius 1 is 1.24 bits per heavy atom. The van der Waals surface area contributed by atoms with Gasteiger partial charge in [0.05, 0.1) is 12.2 Å². The molecule has 2 rings (SSSR count). The molecule has 0 aliphatic heterocycles. The van der Waals surface area contributed by atoms with Crippen LogP contribution in [0.15, 0.2) is 24.3 Å². The second kappa shape index (κ2) is 6.99. The van der Waals surface area contributed by atoms with E-state index >= 15 is 0 Å². The molecule has 0 radical (unpaired) electrons. The topological polar surface area (TPSA) is 80.0 Å². The Bertz CT molecular complexity index is 598. The summed E-state index contributed by atoms with van der Waals surface area (Å²) < 4.78 is 0. The SMILES string of the molecule is CCCc1nc(NN)cc(N(C)Cc2cccc(C)n2)n1. The van der Waals surface area contributed by atoms with Crippen molar-refractivity contribution in [1.29, 1.82) is 0 Å². The van der Waals surface area contributed by atoms with Crippen LogP contribution >= 0.6 is 0 Å². The van der Waals surface area contributed by atoms with E-state index < -0.39 is 0 Å². The average molecular weight is 286 g/mol.